The Kier molecular flexibility index (Phi) is 10.3. The molecular formula is C20H38N6O2. The lowest BCUT2D eigenvalue weighted by Crippen LogP contribution is -2.40. The molecule has 1 fully saturated rings. The molecule has 1 aliphatic rings. The van der Waals surface area contributed by atoms with Crippen LogP contribution in [0.4, 0.5) is 0 Å². The van der Waals surface area contributed by atoms with Crippen molar-refractivity contribution in [2.45, 2.75) is 65.0 Å². The zero-order chi connectivity index (χ0) is 20.2. The molecule has 0 spiro atoms. The Bertz CT molecular complexity index is 583. The fourth-order valence-electron chi connectivity index (χ4n) is 3.67. The van der Waals surface area contributed by atoms with Crippen molar-refractivity contribution in [2.75, 3.05) is 33.4 Å². The van der Waals surface area contributed by atoms with Gasteiger partial charge >= 0.3 is 0 Å². The largest absolute Gasteiger partial charge is 0.385 e. The molecule has 0 bridgehead atoms. The van der Waals surface area contributed by atoms with Crippen LogP contribution in [0.25, 0.3) is 0 Å². The first-order valence-electron chi connectivity index (χ1n) is 10.6. The molecule has 0 amide bonds. The van der Waals surface area contributed by atoms with Gasteiger partial charge in [0, 0.05) is 40.5 Å². The lowest BCUT2D eigenvalue weighted by Gasteiger charge is -2.24. The quantitative estimate of drug-likeness (QED) is 0.321. The summed E-state index contributed by atoms with van der Waals surface area (Å²) in [7, 11) is 3.69. The molecule has 1 saturated carbocycles. The molecule has 1 atom stereocenters. The smallest absolute Gasteiger partial charge is 0.191 e. The van der Waals surface area contributed by atoms with E-state index < -0.39 is 0 Å². The second-order valence-electron chi connectivity index (χ2n) is 7.41. The van der Waals surface area contributed by atoms with Crippen molar-refractivity contribution in [1.82, 2.24) is 25.4 Å². The molecule has 160 valence electrons. The van der Waals surface area contributed by atoms with Crippen molar-refractivity contribution in [3.8, 4) is 0 Å². The highest BCUT2D eigenvalue weighted by Crippen LogP contribution is 2.30. The third-order valence-electron chi connectivity index (χ3n) is 5.41. The number of nitrogens with zero attached hydrogens (tertiary/aromatic N) is 4. The van der Waals surface area contributed by atoms with Crippen LogP contribution < -0.4 is 10.6 Å². The van der Waals surface area contributed by atoms with E-state index in [1.807, 2.05) is 18.5 Å². The molecule has 1 unspecified atom stereocenters. The predicted molar refractivity (Wildman–Crippen MR) is 111 cm³/mol. The number of rotatable bonds is 12. The Morgan fingerprint density at radius 2 is 2.00 bits per heavy atom. The van der Waals surface area contributed by atoms with Crippen LogP contribution in [0.5, 0.6) is 0 Å². The van der Waals surface area contributed by atoms with E-state index in [2.05, 4.69) is 27.8 Å². The maximum absolute atomic E-state index is 6.03. The molecular weight excluding hydrogens is 356 g/mol. The summed E-state index contributed by atoms with van der Waals surface area (Å²) in [6.07, 6.45) is 7.55. The summed E-state index contributed by atoms with van der Waals surface area (Å²) in [5, 5.41) is 15.1. The Labute approximate surface area is 169 Å². The molecule has 1 aromatic rings. The SMILES string of the molecule is CCOC(CCNC(=NCc1nnc(C)n1C)NCCCOC)C1CCCC1. The molecule has 8 nitrogen and oxygen atoms in total. The van der Waals surface area contributed by atoms with E-state index in [1.54, 1.807) is 7.11 Å². The van der Waals surface area contributed by atoms with Crippen LogP contribution >= 0.6 is 0 Å². The van der Waals surface area contributed by atoms with Gasteiger partial charge in [-0.05, 0) is 45.4 Å². The van der Waals surface area contributed by atoms with Gasteiger partial charge in [-0.2, -0.15) is 0 Å². The minimum absolute atomic E-state index is 0.344. The third kappa shape index (κ3) is 7.39. The van der Waals surface area contributed by atoms with E-state index in [0.29, 0.717) is 18.6 Å². The molecule has 2 N–H and O–H groups in total. The fourth-order valence-corrected chi connectivity index (χ4v) is 3.67. The van der Waals surface area contributed by atoms with E-state index >= 15 is 0 Å². The summed E-state index contributed by atoms with van der Waals surface area (Å²) in [5.74, 6) is 3.26. The van der Waals surface area contributed by atoms with Gasteiger partial charge in [-0.1, -0.05) is 12.8 Å². The lowest BCUT2D eigenvalue weighted by molar-refractivity contribution is 0.0169. The standard InChI is InChI=1S/C20H38N6O2/c1-5-28-18(17-9-6-7-10-17)11-13-22-20(21-12-8-14-27-4)23-15-19-25-24-16(2)26(19)3/h17-18H,5-15H2,1-4H3,(H2,21,22,23). The van der Waals surface area contributed by atoms with Crippen molar-refractivity contribution in [2.24, 2.45) is 18.0 Å². The highest BCUT2D eigenvalue weighted by Gasteiger charge is 2.25. The highest BCUT2D eigenvalue weighted by atomic mass is 16.5. The second kappa shape index (κ2) is 12.7. The van der Waals surface area contributed by atoms with E-state index in [9.17, 15) is 0 Å². The molecule has 2 rings (SSSR count). The average Bonchev–Trinajstić information content (AvgIpc) is 3.33. The molecule has 0 aliphatic heterocycles. The molecule has 1 aromatic heterocycles. The summed E-state index contributed by atoms with van der Waals surface area (Å²) >= 11 is 0. The first-order chi connectivity index (χ1) is 13.7. The molecule has 1 heterocycles. The van der Waals surface area contributed by atoms with Crippen molar-refractivity contribution in [1.29, 1.82) is 0 Å². The summed E-state index contributed by atoms with van der Waals surface area (Å²) < 4.78 is 13.1. The average molecular weight is 395 g/mol. The molecule has 28 heavy (non-hydrogen) atoms. The van der Waals surface area contributed by atoms with Gasteiger partial charge in [0.1, 0.15) is 12.4 Å². The lowest BCUT2D eigenvalue weighted by atomic mass is 9.98. The van der Waals surface area contributed by atoms with Gasteiger partial charge in [0.15, 0.2) is 11.8 Å². The number of methoxy groups -OCH3 is 1. The van der Waals surface area contributed by atoms with Crippen LogP contribution in [0.1, 0.15) is 57.1 Å². The maximum atomic E-state index is 6.03. The third-order valence-corrected chi connectivity index (χ3v) is 5.41. The van der Waals surface area contributed by atoms with Crippen LogP contribution in [0.15, 0.2) is 4.99 Å². The number of hydrogen-bond donors (Lipinski definition) is 2. The molecule has 1 aliphatic carbocycles. The van der Waals surface area contributed by atoms with Crippen molar-refractivity contribution in [3.05, 3.63) is 11.6 Å². The number of aryl methyl sites for hydroxylation is 1. The van der Waals surface area contributed by atoms with Gasteiger partial charge in [-0.3, -0.25) is 0 Å². The van der Waals surface area contributed by atoms with Crippen LogP contribution in [0, 0.1) is 12.8 Å². The minimum atomic E-state index is 0.344. The van der Waals surface area contributed by atoms with Gasteiger partial charge in [-0.25, -0.2) is 4.99 Å². The van der Waals surface area contributed by atoms with Crippen LogP contribution in [0.3, 0.4) is 0 Å². The van der Waals surface area contributed by atoms with E-state index in [4.69, 9.17) is 14.5 Å². The zero-order valence-electron chi connectivity index (χ0n) is 18.0. The first kappa shape index (κ1) is 22.6. The summed E-state index contributed by atoms with van der Waals surface area (Å²) in [6.45, 7) is 7.69. The zero-order valence-corrected chi connectivity index (χ0v) is 18.0. The number of nitrogens with one attached hydrogen (secondary N) is 2. The van der Waals surface area contributed by atoms with Gasteiger partial charge in [-0.15, -0.1) is 10.2 Å². The highest BCUT2D eigenvalue weighted by molar-refractivity contribution is 5.79. The summed E-state index contributed by atoms with van der Waals surface area (Å²) in [6, 6.07) is 0. The monoisotopic (exact) mass is 394 g/mol. The van der Waals surface area contributed by atoms with Gasteiger partial charge in [0.2, 0.25) is 0 Å². The Morgan fingerprint density at radius 1 is 1.25 bits per heavy atom. The van der Waals surface area contributed by atoms with Gasteiger partial charge in [0.25, 0.3) is 0 Å². The number of hydrogen-bond acceptors (Lipinski definition) is 5. The number of guanidine groups is 1. The van der Waals surface area contributed by atoms with Crippen molar-refractivity contribution >= 4 is 5.96 Å². The number of aromatic nitrogens is 3. The number of aliphatic imine (C=N–C) groups is 1. The van der Waals surface area contributed by atoms with Gasteiger partial charge < -0.3 is 24.7 Å². The van der Waals surface area contributed by atoms with E-state index in [-0.39, 0.29) is 0 Å². The predicted octanol–water partition coefficient (Wildman–Crippen LogP) is 2.18. The molecule has 0 saturated heterocycles. The summed E-state index contributed by atoms with van der Waals surface area (Å²) in [4.78, 5) is 4.70. The molecule has 0 radical (unpaired) electrons. The molecule has 0 aromatic carbocycles. The second-order valence-corrected chi connectivity index (χ2v) is 7.41. The normalized spacial score (nSPS) is 16.5. The van der Waals surface area contributed by atoms with Crippen molar-refractivity contribution in [3.63, 3.8) is 0 Å². The van der Waals surface area contributed by atoms with Crippen LogP contribution in [0.2, 0.25) is 0 Å². The van der Waals surface area contributed by atoms with Crippen molar-refractivity contribution < 1.29 is 9.47 Å². The Hall–Kier alpha value is -1.67. The Balaban J connectivity index is 1.88. The molecule has 8 heteroatoms. The minimum Gasteiger partial charge on any atom is -0.385 e. The Morgan fingerprint density at radius 3 is 2.64 bits per heavy atom. The summed E-state index contributed by atoms with van der Waals surface area (Å²) in [5.41, 5.74) is 0. The first-order valence-corrected chi connectivity index (χ1v) is 10.6. The van der Waals surface area contributed by atoms with E-state index in [1.165, 1.54) is 25.7 Å². The van der Waals surface area contributed by atoms with Crippen LogP contribution in [-0.4, -0.2) is 60.2 Å². The van der Waals surface area contributed by atoms with E-state index in [0.717, 1.165) is 56.8 Å². The topological polar surface area (TPSA) is 85.6 Å². The van der Waals surface area contributed by atoms with Gasteiger partial charge in [0.05, 0.1) is 6.10 Å². The fraction of sp³-hybridized carbons (Fsp3) is 0.850. The maximum Gasteiger partial charge on any atom is 0.191 e. The number of ether oxygens (including phenoxy) is 2. The van der Waals surface area contributed by atoms with Crippen LogP contribution in [-0.2, 0) is 23.1 Å².